The summed E-state index contributed by atoms with van der Waals surface area (Å²) in [7, 11) is 0. The van der Waals surface area contributed by atoms with Gasteiger partial charge in [0, 0.05) is 13.0 Å². The van der Waals surface area contributed by atoms with Gasteiger partial charge < -0.3 is 9.84 Å². The second-order valence-corrected chi connectivity index (χ2v) is 6.47. The van der Waals surface area contributed by atoms with Crippen LogP contribution in [0, 0.1) is 0 Å². The predicted octanol–water partition coefficient (Wildman–Crippen LogP) is 1.53. The molecule has 0 spiro atoms. The van der Waals surface area contributed by atoms with Gasteiger partial charge in [0.25, 0.3) is 0 Å². The molecule has 0 aromatic rings. The maximum Gasteiger partial charge on any atom is 0.429 e. The zero-order valence-corrected chi connectivity index (χ0v) is 12.4. The van der Waals surface area contributed by atoms with E-state index in [0.717, 1.165) is 0 Å². The summed E-state index contributed by atoms with van der Waals surface area (Å²) in [5.41, 5.74) is -1.68. The van der Waals surface area contributed by atoms with E-state index in [1.807, 2.05) is 0 Å². The highest BCUT2D eigenvalue weighted by Gasteiger charge is 2.35. The summed E-state index contributed by atoms with van der Waals surface area (Å²) in [6.45, 7) is 9.02. The molecule has 6 heteroatoms. The largest absolute Gasteiger partial charge is 0.442 e. The van der Waals surface area contributed by atoms with Gasteiger partial charge in [-0.15, -0.1) is 0 Å². The average Bonchev–Trinajstić information content (AvgIpc) is 2.16. The summed E-state index contributed by atoms with van der Waals surface area (Å²) in [5.74, 6) is -0.167. The van der Waals surface area contributed by atoms with Crippen LogP contribution in [0.3, 0.4) is 0 Å². The molecule has 19 heavy (non-hydrogen) atoms. The lowest BCUT2D eigenvalue weighted by Crippen LogP contribution is -2.57. The summed E-state index contributed by atoms with van der Waals surface area (Å²) < 4.78 is 5.28. The Kier molecular flexibility index (Phi) is 4.45. The van der Waals surface area contributed by atoms with Crippen LogP contribution in [0.4, 0.5) is 4.79 Å². The van der Waals surface area contributed by atoms with Crippen LogP contribution in [0.15, 0.2) is 0 Å². The van der Waals surface area contributed by atoms with Gasteiger partial charge in [-0.25, -0.2) is 14.8 Å². The number of nitrogens with zero attached hydrogens (tertiary/aromatic N) is 2. The van der Waals surface area contributed by atoms with Gasteiger partial charge in [-0.2, -0.15) is 0 Å². The van der Waals surface area contributed by atoms with Crippen LogP contribution in [0.25, 0.3) is 0 Å². The van der Waals surface area contributed by atoms with E-state index in [1.165, 1.54) is 10.0 Å². The first-order valence-corrected chi connectivity index (χ1v) is 6.53. The first-order valence-electron chi connectivity index (χ1n) is 6.53. The Labute approximate surface area is 114 Å². The van der Waals surface area contributed by atoms with Crippen molar-refractivity contribution in [3.05, 3.63) is 0 Å². The van der Waals surface area contributed by atoms with E-state index in [4.69, 9.17) is 4.74 Å². The summed E-state index contributed by atoms with van der Waals surface area (Å²) in [4.78, 5) is 24.0. The molecule has 0 saturated carbocycles. The standard InChI is InChI=1S/C13H24N2O4/c1-12(2,3)19-11(17)14-8-6-7-10(16)15(14)9-13(4,5)18/h18H,6-9H2,1-5H3. The zero-order valence-electron chi connectivity index (χ0n) is 12.4. The van der Waals surface area contributed by atoms with Gasteiger partial charge in [0.2, 0.25) is 5.91 Å². The minimum atomic E-state index is -1.06. The molecular formula is C13H24N2O4. The van der Waals surface area contributed by atoms with Crippen molar-refractivity contribution >= 4 is 12.0 Å². The van der Waals surface area contributed by atoms with Crippen molar-refractivity contribution in [3.8, 4) is 0 Å². The Morgan fingerprint density at radius 2 is 1.89 bits per heavy atom. The average molecular weight is 272 g/mol. The van der Waals surface area contributed by atoms with E-state index >= 15 is 0 Å². The van der Waals surface area contributed by atoms with Gasteiger partial charge in [-0.1, -0.05) is 0 Å². The van der Waals surface area contributed by atoms with E-state index in [1.54, 1.807) is 34.6 Å². The van der Waals surface area contributed by atoms with Gasteiger partial charge in [-0.05, 0) is 41.0 Å². The van der Waals surface area contributed by atoms with Crippen molar-refractivity contribution in [2.75, 3.05) is 13.1 Å². The van der Waals surface area contributed by atoms with Gasteiger partial charge in [0.15, 0.2) is 0 Å². The third kappa shape index (κ3) is 5.06. The number of aliphatic hydroxyl groups is 1. The maximum atomic E-state index is 12.1. The van der Waals surface area contributed by atoms with Crippen LogP contribution >= 0.6 is 0 Å². The highest BCUT2D eigenvalue weighted by Crippen LogP contribution is 2.19. The number of β-amino-alcohol motifs (C(OH)–C–C–N with tert-alkyl or cyclic N) is 1. The molecule has 0 radical (unpaired) electrons. The van der Waals surface area contributed by atoms with Gasteiger partial charge in [-0.3, -0.25) is 4.79 Å². The lowest BCUT2D eigenvalue weighted by molar-refractivity contribution is -0.160. The molecule has 1 fully saturated rings. The first-order chi connectivity index (χ1) is 8.49. The molecule has 0 bridgehead atoms. The van der Waals surface area contributed by atoms with Crippen LogP contribution in [0.5, 0.6) is 0 Å². The van der Waals surface area contributed by atoms with Crippen LogP contribution in [0.2, 0.25) is 0 Å². The number of carbonyl (C=O) groups is 2. The van der Waals surface area contributed by atoms with Crippen molar-refractivity contribution in [3.63, 3.8) is 0 Å². The number of amides is 2. The lowest BCUT2D eigenvalue weighted by Gasteiger charge is -2.41. The molecule has 0 unspecified atom stereocenters. The van der Waals surface area contributed by atoms with Gasteiger partial charge in [0.05, 0.1) is 12.1 Å². The fourth-order valence-corrected chi connectivity index (χ4v) is 1.81. The Morgan fingerprint density at radius 1 is 1.32 bits per heavy atom. The molecule has 110 valence electrons. The topological polar surface area (TPSA) is 70.1 Å². The fourth-order valence-electron chi connectivity index (χ4n) is 1.81. The van der Waals surface area contributed by atoms with Crippen molar-refractivity contribution in [1.82, 2.24) is 10.0 Å². The molecule has 1 N–H and O–H groups in total. The summed E-state index contributed by atoms with van der Waals surface area (Å²) in [5, 5.41) is 12.4. The first kappa shape index (κ1) is 15.8. The number of hydrazine groups is 1. The lowest BCUT2D eigenvalue weighted by atomic mass is 10.1. The summed E-state index contributed by atoms with van der Waals surface area (Å²) >= 11 is 0. The molecule has 2 amide bonds. The van der Waals surface area contributed by atoms with Crippen LogP contribution in [-0.2, 0) is 9.53 Å². The second-order valence-electron chi connectivity index (χ2n) is 6.47. The van der Waals surface area contributed by atoms with E-state index in [-0.39, 0.29) is 12.5 Å². The van der Waals surface area contributed by atoms with Crippen LogP contribution in [0.1, 0.15) is 47.5 Å². The fraction of sp³-hybridized carbons (Fsp3) is 0.846. The Balaban J connectivity index is 2.82. The summed E-state index contributed by atoms with van der Waals surface area (Å²) in [6.07, 6.45) is 0.445. The highest BCUT2D eigenvalue weighted by atomic mass is 16.6. The molecule has 6 nitrogen and oxygen atoms in total. The Bertz CT molecular complexity index is 355. The predicted molar refractivity (Wildman–Crippen MR) is 70.2 cm³/mol. The minimum absolute atomic E-state index is 0.0745. The number of ether oxygens (including phenoxy) is 1. The molecule has 1 aliphatic heterocycles. The SMILES string of the molecule is CC(C)(O)CN1C(=O)CCCN1C(=O)OC(C)(C)C. The molecule has 1 heterocycles. The molecule has 1 aliphatic rings. The monoisotopic (exact) mass is 272 g/mol. The number of rotatable bonds is 2. The van der Waals surface area contributed by atoms with Crippen molar-refractivity contribution in [1.29, 1.82) is 0 Å². The number of hydrogen-bond acceptors (Lipinski definition) is 4. The number of carbonyl (C=O) groups excluding carboxylic acids is 2. The Morgan fingerprint density at radius 3 is 2.37 bits per heavy atom. The molecular weight excluding hydrogens is 248 g/mol. The normalized spacial score (nSPS) is 17.7. The minimum Gasteiger partial charge on any atom is -0.442 e. The van der Waals surface area contributed by atoms with E-state index in [9.17, 15) is 14.7 Å². The maximum absolute atomic E-state index is 12.1. The molecule has 0 aromatic carbocycles. The summed E-state index contributed by atoms with van der Waals surface area (Å²) in [6, 6.07) is 0. The van der Waals surface area contributed by atoms with E-state index in [0.29, 0.717) is 19.4 Å². The molecule has 1 rings (SSSR count). The second kappa shape index (κ2) is 5.36. The molecule has 0 aromatic heterocycles. The van der Waals surface area contributed by atoms with Crippen molar-refractivity contribution < 1.29 is 19.4 Å². The van der Waals surface area contributed by atoms with Crippen molar-refractivity contribution in [2.45, 2.75) is 58.7 Å². The molecule has 0 atom stereocenters. The number of hydrogen-bond donors (Lipinski definition) is 1. The van der Waals surface area contributed by atoms with Crippen LogP contribution in [-0.4, -0.2) is 51.4 Å². The van der Waals surface area contributed by atoms with Gasteiger partial charge in [0.1, 0.15) is 5.60 Å². The van der Waals surface area contributed by atoms with Crippen molar-refractivity contribution in [2.24, 2.45) is 0 Å². The third-order valence-electron chi connectivity index (χ3n) is 2.48. The van der Waals surface area contributed by atoms with E-state index in [2.05, 4.69) is 0 Å². The third-order valence-corrected chi connectivity index (χ3v) is 2.48. The molecule has 0 aliphatic carbocycles. The quantitative estimate of drug-likeness (QED) is 0.827. The zero-order chi connectivity index (χ0) is 14.8. The van der Waals surface area contributed by atoms with E-state index < -0.39 is 17.3 Å². The smallest absolute Gasteiger partial charge is 0.429 e. The van der Waals surface area contributed by atoms with Crippen LogP contribution < -0.4 is 0 Å². The van der Waals surface area contributed by atoms with Gasteiger partial charge >= 0.3 is 6.09 Å². The Hall–Kier alpha value is -1.30. The highest BCUT2D eigenvalue weighted by molar-refractivity contribution is 5.80. The molecule has 1 saturated heterocycles.